The number of nitrogens with zero attached hydrogens (tertiary/aromatic N) is 3. The summed E-state index contributed by atoms with van der Waals surface area (Å²) in [4.78, 5) is 34.5. The van der Waals surface area contributed by atoms with Gasteiger partial charge in [0, 0.05) is 43.6 Å². The Bertz CT molecular complexity index is 1310. The molecular formula is C27H26Cl2N4O3. The first-order valence-corrected chi connectivity index (χ1v) is 12.5. The fourth-order valence-electron chi connectivity index (χ4n) is 4.76. The molecule has 186 valence electrons. The highest BCUT2D eigenvalue weighted by Crippen LogP contribution is 2.40. The van der Waals surface area contributed by atoms with E-state index < -0.39 is 5.60 Å². The van der Waals surface area contributed by atoms with Crippen LogP contribution < -0.4 is 10.1 Å². The molecular weight excluding hydrogens is 499 g/mol. The molecule has 2 aliphatic heterocycles. The summed E-state index contributed by atoms with van der Waals surface area (Å²) >= 11 is 12.3. The van der Waals surface area contributed by atoms with Gasteiger partial charge in [0.05, 0.1) is 27.8 Å². The molecule has 9 heteroatoms. The van der Waals surface area contributed by atoms with Crippen molar-refractivity contribution in [2.24, 2.45) is 0 Å². The molecule has 2 aromatic carbocycles. The number of halogens is 2. The summed E-state index contributed by atoms with van der Waals surface area (Å²) in [5, 5.41) is 3.97. The predicted octanol–water partition coefficient (Wildman–Crippen LogP) is 5.14. The van der Waals surface area contributed by atoms with Crippen LogP contribution in [0, 0.1) is 0 Å². The van der Waals surface area contributed by atoms with E-state index in [1.807, 2.05) is 30.9 Å². The van der Waals surface area contributed by atoms with E-state index in [9.17, 15) is 9.59 Å². The first-order chi connectivity index (χ1) is 17.2. The molecule has 0 saturated carbocycles. The number of ether oxygens (including phenoxy) is 1. The zero-order valence-corrected chi connectivity index (χ0v) is 21.5. The molecule has 36 heavy (non-hydrogen) atoms. The molecule has 1 saturated heterocycles. The second-order valence-corrected chi connectivity index (χ2v) is 10.4. The Balaban J connectivity index is 1.42. The Morgan fingerprint density at radius 3 is 2.53 bits per heavy atom. The normalized spacial score (nSPS) is 16.8. The summed E-state index contributed by atoms with van der Waals surface area (Å²) < 4.78 is 6.63. The van der Waals surface area contributed by atoms with Crippen molar-refractivity contribution in [2.75, 3.05) is 25.0 Å². The third-order valence-electron chi connectivity index (χ3n) is 6.51. The van der Waals surface area contributed by atoms with E-state index in [0.717, 1.165) is 5.56 Å². The average molecular weight is 525 g/mol. The second-order valence-electron chi connectivity index (χ2n) is 9.58. The van der Waals surface area contributed by atoms with Crippen LogP contribution >= 0.6 is 23.2 Å². The van der Waals surface area contributed by atoms with Crippen LogP contribution in [-0.2, 0) is 6.54 Å². The molecule has 0 radical (unpaired) electrons. The predicted molar refractivity (Wildman–Crippen MR) is 140 cm³/mol. The molecule has 0 bridgehead atoms. The van der Waals surface area contributed by atoms with Crippen LogP contribution in [0.15, 0.2) is 60.9 Å². The van der Waals surface area contributed by atoms with Gasteiger partial charge in [-0.2, -0.15) is 0 Å². The molecule has 3 aromatic rings. The zero-order valence-electron chi connectivity index (χ0n) is 20.0. The third kappa shape index (κ3) is 4.78. The maximum Gasteiger partial charge on any atom is 0.258 e. The van der Waals surface area contributed by atoms with E-state index >= 15 is 0 Å². The number of hydrogen-bond donors (Lipinski definition) is 1. The molecule has 5 rings (SSSR count). The number of carbonyl (C=O) groups excluding carboxylic acids is 2. The molecule has 2 aliphatic rings. The van der Waals surface area contributed by atoms with Crippen molar-refractivity contribution in [1.29, 1.82) is 0 Å². The van der Waals surface area contributed by atoms with E-state index in [1.54, 1.807) is 48.8 Å². The molecule has 0 atom stereocenters. The average Bonchev–Trinajstić information content (AvgIpc) is 2.97. The topological polar surface area (TPSA) is 74.8 Å². The van der Waals surface area contributed by atoms with Gasteiger partial charge in [0.15, 0.2) is 11.4 Å². The number of likely N-dealkylation sites (tertiary alicyclic amines) is 1. The Labute approximate surface area is 220 Å². The van der Waals surface area contributed by atoms with Crippen LogP contribution in [0.5, 0.6) is 5.75 Å². The van der Waals surface area contributed by atoms with Gasteiger partial charge in [0.25, 0.3) is 11.8 Å². The van der Waals surface area contributed by atoms with Crippen molar-refractivity contribution in [2.45, 2.75) is 32.0 Å². The quantitative estimate of drug-likeness (QED) is 0.500. The van der Waals surface area contributed by atoms with Gasteiger partial charge in [-0.05, 0) is 55.8 Å². The number of pyridine rings is 1. The number of fused-ring (bicyclic) bond motifs is 1. The SMILES string of the molecule is CC(C)N1CC2(CN(Cc3ccc(Cl)c(Cl)c3)C2)Oc2c(NC(=O)c3ccncc3)cccc2C1=O. The summed E-state index contributed by atoms with van der Waals surface area (Å²) in [6.45, 7) is 6.37. The maximum absolute atomic E-state index is 13.5. The number of aromatic nitrogens is 1. The van der Waals surface area contributed by atoms with Crippen molar-refractivity contribution in [3.8, 4) is 5.75 Å². The lowest BCUT2D eigenvalue weighted by Crippen LogP contribution is -2.69. The van der Waals surface area contributed by atoms with E-state index in [4.69, 9.17) is 27.9 Å². The van der Waals surface area contributed by atoms with Gasteiger partial charge in [0.1, 0.15) is 0 Å². The summed E-state index contributed by atoms with van der Waals surface area (Å²) in [7, 11) is 0. The van der Waals surface area contributed by atoms with Crippen LogP contribution in [0.3, 0.4) is 0 Å². The molecule has 0 unspecified atom stereocenters. The van der Waals surface area contributed by atoms with Crippen LogP contribution in [0.25, 0.3) is 0 Å². The van der Waals surface area contributed by atoms with Gasteiger partial charge in [-0.1, -0.05) is 35.3 Å². The number of carbonyl (C=O) groups is 2. The first-order valence-electron chi connectivity index (χ1n) is 11.8. The molecule has 0 aliphatic carbocycles. The van der Waals surface area contributed by atoms with Crippen molar-refractivity contribution in [3.05, 3.63) is 87.7 Å². The molecule has 7 nitrogen and oxygen atoms in total. The molecule has 1 aromatic heterocycles. The van der Waals surface area contributed by atoms with Crippen molar-refractivity contribution in [1.82, 2.24) is 14.8 Å². The molecule has 1 N–H and O–H groups in total. The van der Waals surface area contributed by atoms with Gasteiger partial charge in [-0.3, -0.25) is 19.5 Å². The summed E-state index contributed by atoms with van der Waals surface area (Å²) in [5.41, 5.74) is 1.83. The molecule has 1 spiro atoms. The third-order valence-corrected chi connectivity index (χ3v) is 7.25. The lowest BCUT2D eigenvalue weighted by atomic mass is 9.92. The number of rotatable bonds is 5. The maximum atomic E-state index is 13.5. The zero-order chi connectivity index (χ0) is 25.4. The molecule has 3 heterocycles. The van der Waals surface area contributed by atoms with Gasteiger partial charge in [0.2, 0.25) is 0 Å². The summed E-state index contributed by atoms with van der Waals surface area (Å²) in [5.74, 6) is -0.00206. The molecule has 2 amide bonds. The standard InChI is InChI=1S/C27H26Cl2N4O3/c1-17(2)33-16-27(14-32(15-27)13-18-6-7-21(28)22(29)12-18)36-24-20(26(33)35)4-3-5-23(24)31-25(34)19-8-10-30-11-9-19/h3-12,17H,13-16H2,1-2H3,(H,31,34). The van der Waals surface area contributed by atoms with Crippen molar-refractivity contribution < 1.29 is 14.3 Å². The number of hydrogen-bond acceptors (Lipinski definition) is 5. The molecule has 1 fully saturated rings. The first kappa shape index (κ1) is 24.6. The Morgan fingerprint density at radius 1 is 1.08 bits per heavy atom. The number of anilines is 1. The number of amides is 2. The Hall–Kier alpha value is -3.13. The fraction of sp³-hybridized carbons (Fsp3) is 0.296. The van der Waals surface area contributed by atoms with Crippen molar-refractivity contribution >= 4 is 40.7 Å². The minimum Gasteiger partial charge on any atom is -0.480 e. The number of nitrogens with one attached hydrogen (secondary N) is 1. The van der Waals surface area contributed by atoms with Gasteiger partial charge in [-0.25, -0.2) is 0 Å². The lowest BCUT2D eigenvalue weighted by Gasteiger charge is -2.50. The monoisotopic (exact) mass is 524 g/mol. The van der Waals surface area contributed by atoms with Gasteiger partial charge >= 0.3 is 0 Å². The van der Waals surface area contributed by atoms with E-state index in [-0.39, 0.29) is 17.9 Å². The van der Waals surface area contributed by atoms with Crippen LogP contribution in [0.1, 0.15) is 40.1 Å². The Morgan fingerprint density at radius 2 is 1.83 bits per heavy atom. The smallest absolute Gasteiger partial charge is 0.258 e. The highest BCUT2D eigenvalue weighted by Gasteiger charge is 2.50. The highest BCUT2D eigenvalue weighted by molar-refractivity contribution is 6.42. The van der Waals surface area contributed by atoms with E-state index in [0.29, 0.717) is 58.8 Å². The minimum atomic E-state index is -0.598. The lowest BCUT2D eigenvalue weighted by molar-refractivity contribution is -0.0924. The summed E-state index contributed by atoms with van der Waals surface area (Å²) in [6.07, 6.45) is 3.12. The largest absolute Gasteiger partial charge is 0.480 e. The van der Waals surface area contributed by atoms with E-state index in [1.165, 1.54) is 0 Å². The minimum absolute atomic E-state index is 0.0110. The highest BCUT2D eigenvalue weighted by atomic mass is 35.5. The van der Waals surface area contributed by atoms with Crippen LogP contribution in [0.4, 0.5) is 5.69 Å². The van der Waals surface area contributed by atoms with Crippen LogP contribution in [-0.4, -0.2) is 57.9 Å². The number of para-hydroxylation sites is 1. The van der Waals surface area contributed by atoms with Crippen LogP contribution in [0.2, 0.25) is 10.0 Å². The van der Waals surface area contributed by atoms with Gasteiger partial charge in [-0.15, -0.1) is 0 Å². The fourth-order valence-corrected chi connectivity index (χ4v) is 5.08. The summed E-state index contributed by atoms with van der Waals surface area (Å²) in [6, 6.07) is 14.2. The number of benzene rings is 2. The van der Waals surface area contributed by atoms with Crippen molar-refractivity contribution in [3.63, 3.8) is 0 Å². The Kier molecular flexibility index (Phi) is 6.64. The van der Waals surface area contributed by atoms with E-state index in [2.05, 4.69) is 15.2 Å². The van der Waals surface area contributed by atoms with Gasteiger partial charge < -0.3 is 15.0 Å². The second kappa shape index (κ2) is 9.73.